The summed E-state index contributed by atoms with van der Waals surface area (Å²) in [7, 11) is 1.91. The second-order valence-corrected chi connectivity index (χ2v) is 7.20. The lowest BCUT2D eigenvalue weighted by Crippen LogP contribution is -2.35. The predicted octanol–water partition coefficient (Wildman–Crippen LogP) is 2.83. The molecule has 3 rings (SSSR count). The van der Waals surface area contributed by atoms with E-state index in [-0.39, 0.29) is 12.5 Å². The number of aliphatic hydroxyl groups is 1. The van der Waals surface area contributed by atoms with Crippen molar-refractivity contribution in [2.75, 3.05) is 13.2 Å². The van der Waals surface area contributed by atoms with Crippen LogP contribution in [0.15, 0.2) is 17.6 Å². The topological polar surface area (TPSA) is 58.4 Å². The molecule has 2 aromatic heterocycles. The van der Waals surface area contributed by atoms with Gasteiger partial charge in [-0.1, -0.05) is 0 Å². The largest absolute Gasteiger partial charge is 0.396 e. The Morgan fingerprint density at radius 1 is 1.48 bits per heavy atom. The molecule has 1 fully saturated rings. The van der Waals surface area contributed by atoms with Crippen molar-refractivity contribution in [2.45, 2.75) is 38.6 Å². The average molecular weight is 333 g/mol. The molecule has 6 heteroatoms. The van der Waals surface area contributed by atoms with Gasteiger partial charge in [-0.05, 0) is 38.7 Å². The number of aryl methyl sites for hydroxylation is 2. The summed E-state index contributed by atoms with van der Waals surface area (Å²) in [4.78, 5) is 19.4. The van der Waals surface area contributed by atoms with Crippen LogP contribution in [0, 0.1) is 6.92 Å². The summed E-state index contributed by atoms with van der Waals surface area (Å²) < 4.78 is 1.90. The Bertz CT molecular complexity index is 688. The highest BCUT2D eigenvalue weighted by Gasteiger charge is 2.33. The minimum absolute atomic E-state index is 0.0890. The fourth-order valence-corrected chi connectivity index (χ4v) is 3.41. The van der Waals surface area contributed by atoms with Gasteiger partial charge in [0.05, 0.1) is 10.7 Å². The van der Waals surface area contributed by atoms with Gasteiger partial charge in [-0.25, -0.2) is 4.98 Å². The second-order valence-electron chi connectivity index (χ2n) is 6.14. The molecule has 0 unspecified atom stereocenters. The highest BCUT2D eigenvalue weighted by atomic mass is 32.1. The van der Waals surface area contributed by atoms with Gasteiger partial charge in [0.2, 0.25) is 0 Å². The Balaban J connectivity index is 1.79. The summed E-state index contributed by atoms with van der Waals surface area (Å²) in [6.45, 7) is 2.89. The van der Waals surface area contributed by atoms with Gasteiger partial charge in [0.15, 0.2) is 0 Å². The van der Waals surface area contributed by atoms with E-state index in [1.54, 1.807) is 11.3 Å². The highest BCUT2D eigenvalue weighted by molar-refractivity contribution is 7.09. The summed E-state index contributed by atoms with van der Waals surface area (Å²) in [6.07, 6.45) is 5.75. The summed E-state index contributed by atoms with van der Waals surface area (Å²) in [6, 6.07) is 2.32. The number of carbonyl (C=O) groups excluding carboxylic acids is 1. The first-order valence-electron chi connectivity index (χ1n) is 8.11. The van der Waals surface area contributed by atoms with Gasteiger partial charge < -0.3 is 14.6 Å². The van der Waals surface area contributed by atoms with Crippen molar-refractivity contribution in [3.63, 3.8) is 0 Å². The SMILES string of the molecule is Cc1nc(-c2cc(C(=O)N(CCCCO)C3CC3)n(C)c2)cs1. The second kappa shape index (κ2) is 6.84. The van der Waals surface area contributed by atoms with Gasteiger partial charge in [0.25, 0.3) is 5.91 Å². The molecular formula is C17H23N3O2S. The molecule has 2 aromatic rings. The minimum atomic E-state index is 0.0890. The van der Waals surface area contributed by atoms with Crippen molar-refractivity contribution in [2.24, 2.45) is 7.05 Å². The first kappa shape index (κ1) is 16.2. The summed E-state index contributed by atoms with van der Waals surface area (Å²) >= 11 is 1.62. The van der Waals surface area contributed by atoms with E-state index >= 15 is 0 Å². The van der Waals surface area contributed by atoms with Crippen molar-refractivity contribution in [3.05, 3.63) is 28.3 Å². The zero-order valence-corrected chi connectivity index (χ0v) is 14.5. The molecule has 5 nitrogen and oxygen atoms in total. The number of amides is 1. The molecule has 0 saturated heterocycles. The van der Waals surface area contributed by atoms with Crippen LogP contribution in [0.25, 0.3) is 11.3 Å². The van der Waals surface area contributed by atoms with Crippen LogP contribution in [-0.2, 0) is 7.05 Å². The van der Waals surface area contributed by atoms with Gasteiger partial charge in [0, 0.05) is 43.4 Å². The average Bonchev–Trinajstić information content (AvgIpc) is 3.15. The Hall–Kier alpha value is -1.66. The van der Waals surface area contributed by atoms with Crippen LogP contribution in [0.1, 0.15) is 41.2 Å². The van der Waals surface area contributed by atoms with E-state index in [1.807, 2.05) is 41.1 Å². The van der Waals surface area contributed by atoms with Gasteiger partial charge in [-0.15, -0.1) is 11.3 Å². The molecule has 0 bridgehead atoms. The van der Waals surface area contributed by atoms with Crippen LogP contribution in [0.2, 0.25) is 0 Å². The molecule has 0 atom stereocenters. The third-order valence-corrected chi connectivity index (χ3v) is 4.97. The molecule has 124 valence electrons. The fraction of sp³-hybridized carbons (Fsp3) is 0.529. The molecule has 0 aromatic carbocycles. The predicted molar refractivity (Wildman–Crippen MR) is 91.6 cm³/mol. The molecule has 1 N–H and O–H groups in total. The van der Waals surface area contributed by atoms with E-state index in [2.05, 4.69) is 4.98 Å². The van der Waals surface area contributed by atoms with Crippen LogP contribution in [0.4, 0.5) is 0 Å². The van der Waals surface area contributed by atoms with Crippen LogP contribution >= 0.6 is 11.3 Å². The molecule has 1 saturated carbocycles. The van der Waals surface area contributed by atoms with Crippen molar-refractivity contribution in [3.8, 4) is 11.3 Å². The summed E-state index contributed by atoms with van der Waals surface area (Å²) in [5.41, 5.74) is 2.63. The van der Waals surface area contributed by atoms with Crippen LogP contribution in [0.5, 0.6) is 0 Å². The number of unbranched alkanes of at least 4 members (excludes halogenated alkanes) is 1. The van der Waals surface area contributed by atoms with E-state index < -0.39 is 0 Å². The zero-order chi connectivity index (χ0) is 16.4. The molecular weight excluding hydrogens is 310 g/mol. The Morgan fingerprint density at radius 2 is 2.26 bits per heavy atom. The minimum Gasteiger partial charge on any atom is -0.396 e. The van der Waals surface area contributed by atoms with Crippen molar-refractivity contribution < 1.29 is 9.90 Å². The normalized spacial score (nSPS) is 14.2. The van der Waals surface area contributed by atoms with E-state index in [0.717, 1.165) is 48.5 Å². The Morgan fingerprint density at radius 3 is 2.87 bits per heavy atom. The van der Waals surface area contributed by atoms with E-state index in [9.17, 15) is 4.79 Å². The van der Waals surface area contributed by atoms with Gasteiger partial charge in [-0.2, -0.15) is 0 Å². The first-order chi connectivity index (χ1) is 11.1. The monoisotopic (exact) mass is 333 g/mol. The highest BCUT2D eigenvalue weighted by Crippen LogP contribution is 2.30. The van der Waals surface area contributed by atoms with Crippen LogP contribution in [0.3, 0.4) is 0 Å². The molecule has 23 heavy (non-hydrogen) atoms. The van der Waals surface area contributed by atoms with Gasteiger partial charge in [0.1, 0.15) is 5.69 Å². The first-order valence-corrected chi connectivity index (χ1v) is 8.99. The number of nitrogens with zero attached hydrogens (tertiary/aromatic N) is 3. The summed E-state index contributed by atoms with van der Waals surface area (Å²) in [5.74, 6) is 0.0890. The van der Waals surface area contributed by atoms with Crippen molar-refractivity contribution >= 4 is 17.2 Å². The number of aromatic nitrogens is 2. The molecule has 0 aliphatic heterocycles. The van der Waals surface area contributed by atoms with Crippen molar-refractivity contribution in [1.82, 2.24) is 14.5 Å². The maximum atomic E-state index is 12.9. The smallest absolute Gasteiger partial charge is 0.270 e. The number of carbonyl (C=O) groups is 1. The molecule has 1 aliphatic rings. The molecule has 1 aliphatic carbocycles. The van der Waals surface area contributed by atoms with Crippen LogP contribution < -0.4 is 0 Å². The lowest BCUT2D eigenvalue weighted by molar-refractivity contribution is 0.0727. The zero-order valence-electron chi connectivity index (χ0n) is 13.7. The lowest BCUT2D eigenvalue weighted by atomic mass is 10.2. The molecule has 1 amide bonds. The molecule has 0 radical (unpaired) electrons. The molecule has 2 heterocycles. The third kappa shape index (κ3) is 3.64. The maximum Gasteiger partial charge on any atom is 0.270 e. The van der Waals surface area contributed by atoms with Crippen molar-refractivity contribution in [1.29, 1.82) is 0 Å². The van der Waals surface area contributed by atoms with Gasteiger partial charge >= 0.3 is 0 Å². The number of hydrogen-bond acceptors (Lipinski definition) is 4. The van der Waals surface area contributed by atoms with E-state index in [4.69, 9.17) is 5.11 Å². The standard InChI is InChI=1S/C17H23N3O2S/c1-12-18-15(11-23-12)13-9-16(19(2)10-13)17(22)20(14-5-6-14)7-3-4-8-21/h9-11,14,21H,3-8H2,1-2H3. The Labute approximate surface area is 140 Å². The number of rotatable bonds is 7. The molecule has 0 spiro atoms. The quantitative estimate of drug-likeness (QED) is 0.793. The third-order valence-electron chi connectivity index (χ3n) is 4.19. The van der Waals surface area contributed by atoms with E-state index in [1.165, 1.54) is 0 Å². The lowest BCUT2D eigenvalue weighted by Gasteiger charge is -2.22. The van der Waals surface area contributed by atoms with Gasteiger partial charge in [-0.3, -0.25) is 4.79 Å². The number of thiazole rings is 1. The Kier molecular flexibility index (Phi) is 4.82. The maximum absolute atomic E-state index is 12.9. The number of aliphatic hydroxyl groups excluding tert-OH is 1. The van der Waals surface area contributed by atoms with Crippen LogP contribution in [-0.4, -0.2) is 44.7 Å². The number of hydrogen-bond donors (Lipinski definition) is 1. The van der Waals surface area contributed by atoms with E-state index in [0.29, 0.717) is 11.7 Å². The summed E-state index contributed by atoms with van der Waals surface area (Å²) in [5, 5.41) is 12.0. The fourth-order valence-electron chi connectivity index (χ4n) is 2.79.